The molecule has 1 aliphatic rings. The lowest BCUT2D eigenvalue weighted by atomic mass is 9.90. The van der Waals surface area contributed by atoms with Crippen molar-refractivity contribution in [2.45, 2.75) is 25.0 Å². The molecule has 104 valence electrons. The van der Waals surface area contributed by atoms with E-state index in [2.05, 4.69) is 29.7 Å². The largest absolute Gasteiger partial charge is 0.388 e. The van der Waals surface area contributed by atoms with Gasteiger partial charge in [-0.15, -0.1) is 0 Å². The fourth-order valence-corrected chi connectivity index (χ4v) is 2.78. The van der Waals surface area contributed by atoms with Crippen LogP contribution < -0.4 is 10.4 Å². The summed E-state index contributed by atoms with van der Waals surface area (Å²) in [6.07, 6.45) is 0.709. The molecule has 2 atom stereocenters. The molecule has 2 N–H and O–H groups in total. The van der Waals surface area contributed by atoms with Crippen LogP contribution in [0.1, 0.15) is 24.9 Å². The topological polar surface area (TPSA) is 35.5 Å². The second-order valence-electron chi connectivity index (χ2n) is 5.72. The Morgan fingerprint density at radius 3 is 2.30 bits per heavy atom. The van der Waals surface area contributed by atoms with Crippen LogP contribution in [0, 0.1) is 0 Å². The summed E-state index contributed by atoms with van der Waals surface area (Å²) >= 11 is 0. The van der Waals surface area contributed by atoms with Gasteiger partial charge in [0.25, 0.3) is 0 Å². The van der Waals surface area contributed by atoms with Crippen molar-refractivity contribution < 1.29 is 5.11 Å². The monoisotopic (exact) mass is 268 g/mol. The molecular formula is C17H20N2O. The van der Waals surface area contributed by atoms with Crippen molar-refractivity contribution in [3.05, 3.63) is 66.2 Å². The van der Waals surface area contributed by atoms with Crippen LogP contribution in [0.5, 0.6) is 0 Å². The molecule has 0 aliphatic carbocycles. The van der Waals surface area contributed by atoms with Gasteiger partial charge < -0.3 is 10.1 Å². The zero-order valence-electron chi connectivity index (χ0n) is 11.7. The van der Waals surface area contributed by atoms with Gasteiger partial charge in [-0.25, -0.2) is 5.43 Å². The molecule has 0 spiro atoms. The Morgan fingerprint density at radius 1 is 1.05 bits per heavy atom. The van der Waals surface area contributed by atoms with Crippen molar-refractivity contribution in [3.8, 4) is 0 Å². The van der Waals surface area contributed by atoms with Crippen LogP contribution in [0.25, 0.3) is 0 Å². The molecule has 1 fully saturated rings. The minimum Gasteiger partial charge on any atom is -0.388 e. The van der Waals surface area contributed by atoms with E-state index >= 15 is 0 Å². The Kier molecular flexibility index (Phi) is 3.47. The van der Waals surface area contributed by atoms with Crippen LogP contribution in [-0.4, -0.2) is 17.3 Å². The molecule has 0 saturated carbocycles. The highest BCUT2D eigenvalue weighted by Crippen LogP contribution is 2.31. The van der Waals surface area contributed by atoms with Gasteiger partial charge in [-0.05, 0) is 31.0 Å². The van der Waals surface area contributed by atoms with Crippen molar-refractivity contribution in [1.29, 1.82) is 0 Å². The van der Waals surface area contributed by atoms with Gasteiger partial charge in [-0.2, -0.15) is 0 Å². The predicted octanol–water partition coefficient (Wildman–Crippen LogP) is 2.89. The molecule has 2 unspecified atom stereocenters. The van der Waals surface area contributed by atoms with Gasteiger partial charge in [0, 0.05) is 0 Å². The highest BCUT2D eigenvalue weighted by Gasteiger charge is 2.35. The third kappa shape index (κ3) is 2.84. The number of nitrogens with one attached hydrogen (secondary N) is 1. The van der Waals surface area contributed by atoms with Crippen LogP contribution in [0.4, 0.5) is 5.69 Å². The third-order valence-electron chi connectivity index (χ3n) is 3.72. The maximum absolute atomic E-state index is 10.6. The summed E-state index contributed by atoms with van der Waals surface area (Å²) in [6, 6.07) is 20.5. The molecule has 20 heavy (non-hydrogen) atoms. The van der Waals surface area contributed by atoms with E-state index in [4.69, 9.17) is 0 Å². The normalized spacial score (nSPS) is 26.5. The molecule has 2 aromatic rings. The zero-order chi connectivity index (χ0) is 14.0. The van der Waals surface area contributed by atoms with Gasteiger partial charge >= 0.3 is 0 Å². The lowest BCUT2D eigenvalue weighted by molar-refractivity contribution is 0.0248. The summed E-state index contributed by atoms with van der Waals surface area (Å²) in [5, 5.41) is 12.6. The molecule has 3 heteroatoms. The van der Waals surface area contributed by atoms with Gasteiger partial charge in [0.1, 0.15) is 0 Å². The number of benzene rings is 2. The highest BCUT2D eigenvalue weighted by atomic mass is 16.3. The van der Waals surface area contributed by atoms with E-state index in [0.29, 0.717) is 13.0 Å². The Hall–Kier alpha value is -1.84. The fourth-order valence-electron chi connectivity index (χ4n) is 2.78. The molecule has 1 aliphatic heterocycles. The minimum atomic E-state index is -0.707. The molecule has 2 aromatic carbocycles. The van der Waals surface area contributed by atoms with E-state index in [1.54, 1.807) is 0 Å². The van der Waals surface area contributed by atoms with E-state index in [-0.39, 0.29) is 6.04 Å². The Morgan fingerprint density at radius 2 is 1.65 bits per heavy atom. The first-order valence-electron chi connectivity index (χ1n) is 7.00. The average Bonchev–Trinajstić information content (AvgIpc) is 2.47. The number of anilines is 1. The SMILES string of the molecule is CC1(O)CC(c2ccccc2)NN(c2ccccc2)C1. The van der Waals surface area contributed by atoms with Crippen molar-refractivity contribution in [2.24, 2.45) is 0 Å². The van der Waals surface area contributed by atoms with Gasteiger partial charge in [-0.3, -0.25) is 0 Å². The number of rotatable bonds is 2. The molecule has 0 amide bonds. The van der Waals surface area contributed by atoms with Gasteiger partial charge in [0.15, 0.2) is 0 Å². The highest BCUT2D eigenvalue weighted by molar-refractivity contribution is 5.46. The number of para-hydroxylation sites is 1. The van der Waals surface area contributed by atoms with Crippen LogP contribution in [0.15, 0.2) is 60.7 Å². The van der Waals surface area contributed by atoms with E-state index in [1.165, 1.54) is 5.56 Å². The van der Waals surface area contributed by atoms with Gasteiger partial charge in [-0.1, -0.05) is 48.5 Å². The number of β-amino-alcohol motifs (C(OH)–C–C–N with tert-alkyl or cyclic N) is 1. The second-order valence-corrected chi connectivity index (χ2v) is 5.72. The zero-order valence-corrected chi connectivity index (χ0v) is 11.7. The number of aliphatic hydroxyl groups is 1. The summed E-state index contributed by atoms with van der Waals surface area (Å²) in [6.45, 7) is 2.49. The third-order valence-corrected chi connectivity index (χ3v) is 3.72. The lowest BCUT2D eigenvalue weighted by Crippen LogP contribution is -2.56. The van der Waals surface area contributed by atoms with Gasteiger partial charge in [0.05, 0.1) is 23.9 Å². The number of nitrogens with zero attached hydrogens (tertiary/aromatic N) is 1. The van der Waals surface area contributed by atoms with Crippen LogP contribution in [-0.2, 0) is 0 Å². The molecule has 0 aromatic heterocycles. The van der Waals surface area contributed by atoms with Crippen LogP contribution >= 0.6 is 0 Å². The standard InChI is InChI=1S/C17H20N2O/c1-17(20)12-16(14-8-4-2-5-9-14)18-19(13-17)15-10-6-3-7-11-15/h2-11,16,18,20H,12-13H2,1H3. The summed E-state index contributed by atoms with van der Waals surface area (Å²) in [7, 11) is 0. The molecule has 3 rings (SSSR count). The number of hydrogen-bond acceptors (Lipinski definition) is 3. The molecule has 3 nitrogen and oxygen atoms in total. The smallest absolute Gasteiger partial charge is 0.0828 e. The maximum Gasteiger partial charge on any atom is 0.0828 e. The summed E-state index contributed by atoms with van der Waals surface area (Å²) < 4.78 is 0. The minimum absolute atomic E-state index is 0.125. The van der Waals surface area contributed by atoms with E-state index in [1.807, 2.05) is 48.3 Å². The molecular weight excluding hydrogens is 248 g/mol. The molecule has 0 radical (unpaired) electrons. The first-order valence-corrected chi connectivity index (χ1v) is 7.00. The molecule has 1 heterocycles. The quantitative estimate of drug-likeness (QED) is 0.879. The fraction of sp³-hybridized carbons (Fsp3) is 0.294. The van der Waals surface area contributed by atoms with Crippen molar-refractivity contribution >= 4 is 5.69 Å². The van der Waals surface area contributed by atoms with Crippen molar-refractivity contribution in [1.82, 2.24) is 5.43 Å². The summed E-state index contributed by atoms with van der Waals surface area (Å²) in [4.78, 5) is 0. The molecule has 0 bridgehead atoms. The number of hydrazine groups is 1. The summed E-state index contributed by atoms with van der Waals surface area (Å²) in [5.74, 6) is 0. The predicted molar refractivity (Wildman–Crippen MR) is 81.3 cm³/mol. The number of hydrogen-bond donors (Lipinski definition) is 2. The Bertz CT molecular complexity index is 504. The maximum atomic E-state index is 10.6. The van der Waals surface area contributed by atoms with E-state index in [9.17, 15) is 5.11 Å². The van der Waals surface area contributed by atoms with Crippen LogP contribution in [0.2, 0.25) is 0 Å². The second kappa shape index (κ2) is 5.27. The average molecular weight is 268 g/mol. The Labute approximate surface area is 119 Å². The summed E-state index contributed by atoms with van der Waals surface area (Å²) in [5.41, 5.74) is 5.09. The van der Waals surface area contributed by atoms with Gasteiger partial charge in [0.2, 0.25) is 0 Å². The van der Waals surface area contributed by atoms with E-state index in [0.717, 1.165) is 5.69 Å². The molecule has 1 saturated heterocycles. The first-order chi connectivity index (χ1) is 9.64. The lowest BCUT2D eigenvalue weighted by Gasteiger charge is -2.43. The van der Waals surface area contributed by atoms with Crippen LogP contribution in [0.3, 0.4) is 0 Å². The van der Waals surface area contributed by atoms with Crippen molar-refractivity contribution in [3.63, 3.8) is 0 Å². The first kappa shape index (κ1) is 13.2. The van der Waals surface area contributed by atoms with E-state index < -0.39 is 5.60 Å². The Balaban J connectivity index is 1.87. The van der Waals surface area contributed by atoms with Crippen molar-refractivity contribution in [2.75, 3.05) is 11.6 Å².